The summed E-state index contributed by atoms with van der Waals surface area (Å²) in [6.07, 6.45) is 3.65. The van der Waals surface area contributed by atoms with E-state index in [1.807, 2.05) is 13.8 Å². The molecule has 2 rings (SSSR count). The van der Waals surface area contributed by atoms with Gasteiger partial charge in [-0.05, 0) is 25.5 Å². The first-order chi connectivity index (χ1) is 10.5. The highest BCUT2D eigenvalue weighted by Crippen LogP contribution is 2.14. The van der Waals surface area contributed by atoms with Crippen molar-refractivity contribution in [2.75, 3.05) is 10.6 Å². The minimum Gasteiger partial charge on any atom is -0.352 e. The smallest absolute Gasteiger partial charge is 0.258 e. The third kappa shape index (κ3) is 3.97. The molecule has 1 unspecified atom stereocenters. The molecule has 0 fully saturated rings. The van der Waals surface area contributed by atoms with Crippen LogP contribution in [0, 0.1) is 11.6 Å². The maximum Gasteiger partial charge on any atom is 0.258 e. The Morgan fingerprint density at radius 1 is 1.23 bits per heavy atom. The van der Waals surface area contributed by atoms with Crippen molar-refractivity contribution in [3.05, 3.63) is 47.8 Å². The number of hydrogen-bond acceptors (Lipinski definition) is 4. The highest BCUT2D eigenvalue weighted by atomic mass is 19.2. The number of amides is 1. The highest BCUT2D eigenvalue weighted by Gasteiger charge is 2.10. The first-order valence-electron chi connectivity index (χ1n) is 6.84. The number of carbonyl (C=O) groups is 1. The molecule has 1 heterocycles. The van der Waals surface area contributed by atoms with E-state index in [9.17, 15) is 13.6 Å². The second-order valence-corrected chi connectivity index (χ2v) is 4.83. The monoisotopic (exact) mass is 306 g/mol. The van der Waals surface area contributed by atoms with Gasteiger partial charge in [-0.2, -0.15) is 0 Å². The van der Waals surface area contributed by atoms with Gasteiger partial charge in [0.2, 0.25) is 5.95 Å². The van der Waals surface area contributed by atoms with E-state index in [-0.39, 0.29) is 17.3 Å². The summed E-state index contributed by atoms with van der Waals surface area (Å²) in [4.78, 5) is 20.1. The van der Waals surface area contributed by atoms with Crippen LogP contribution < -0.4 is 10.6 Å². The summed E-state index contributed by atoms with van der Waals surface area (Å²) < 4.78 is 25.9. The van der Waals surface area contributed by atoms with Gasteiger partial charge in [0.1, 0.15) is 0 Å². The summed E-state index contributed by atoms with van der Waals surface area (Å²) in [5, 5.41) is 5.53. The molecule has 1 amide bonds. The Morgan fingerprint density at radius 2 is 1.91 bits per heavy atom. The van der Waals surface area contributed by atoms with Crippen LogP contribution in [0.15, 0.2) is 30.6 Å². The number of carbonyl (C=O) groups excluding carboxylic acids is 1. The Kier molecular flexibility index (Phi) is 4.98. The van der Waals surface area contributed by atoms with Gasteiger partial charge >= 0.3 is 0 Å². The number of nitrogens with one attached hydrogen (secondary N) is 2. The van der Waals surface area contributed by atoms with Gasteiger partial charge in [0.15, 0.2) is 11.6 Å². The van der Waals surface area contributed by atoms with Crippen LogP contribution >= 0.6 is 0 Å². The van der Waals surface area contributed by atoms with Gasteiger partial charge < -0.3 is 10.6 Å². The minimum atomic E-state index is -1.03. The molecular formula is C15H16F2N4O. The van der Waals surface area contributed by atoms with Gasteiger partial charge in [0, 0.05) is 30.2 Å². The summed E-state index contributed by atoms with van der Waals surface area (Å²) in [5.41, 5.74) is 0.380. The maximum absolute atomic E-state index is 13.1. The fourth-order valence-corrected chi connectivity index (χ4v) is 1.62. The third-order valence-electron chi connectivity index (χ3n) is 3.08. The van der Waals surface area contributed by atoms with Crippen LogP contribution in [0.5, 0.6) is 0 Å². The molecule has 2 aromatic rings. The summed E-state index contributed by atoms with van der Waals surface area (Å²) in [6.45, 7) is 4.02. The first-order valence-corrected chi connectivity index (χ1v) is 6.84. The molecule has 7 heteroatoms. The van der Waals surface area contributed by atoms with Crippen LogP contribution in [0.2, 0.25) is 0 Å². The summed E-state index contributed by atoms with van der Waals surface area (Å²) in [5.74, 6) is -2.07. The number of nitrogens with zero attached hydrogens (tertiary/aromatic N) is 2. The minimum absolute atomic E-state index is 0.158. The fraction of sp³-hybridized carbons (Fsp3) is 0.267. The molecule has 0 radical (unpaired) electrons. The van der Waals surface area contributed by atoms with Crippen LogP contribution in [-0.2, 0) is 0 Å². The average molecular weight is 306 g/mol. The van der Waals surface area contributed by atoms with E-state index in [0.717, 1.165) is 18.6 Å². The van der Waals surface area contributed by atoms with Crippen molar-refractivity contribution >= 4 is 17.5 Å². The van der Waals surface area contributed by atoms with E-state index in [1.54, 1.807) is 0 Å². The lowest BCUT2D eigenvalue weighted by Gasteiger charge is -2.11. The summed E-state index contributed by atoms with van der Waals surface area (Å²) in [7, 11) is 0. The van der Waals surface area contributed by atoms with E-state index in [0.29, 0.717) is 5.95 Å². The molecule has 0 bridgehead atoms. The molecule has 2 N–H and O–H groups in total. The van der Waals surface area contributed by atoms with Crippen molar-refractivity contribution in [3.8, 4) is 0 Å². The molecular weight excluding hydrogens is 290 g/mol. The van der Waals surface area contributed by atoms with Crippen molar-refractivity contribution < 1.29 is 13.6 Å². The topological polar surface area (TPSA) is 66.9 Å². The zero-order chi connectivity index (χ0) is 16.1. The molecule has 5 nitrogen and oxygen atoms in total. The summed E-state index contributed by atoms with van der Waals surface area (Å²) in [6, 6.07) is 3.35. The summed E-state index contributed by atoms with van der Waals surface area (Å²) >= 11 is 0. The Balaban J connectivity index is 2.04. The molecule has 0 spiro atoms. The van der Waals surface area contributed by atoms with Crippen LogP contribution in [0.4, 0.5) is 20.4 Å². The van der Waals surface area contributed by atoms with E-state index in [4.69, 9.17) is 0 Å². The molecule has 116 valence electrons. The number of halogens is 2. The number of anilines is 2. The highest BCUT2D eigenvalue weighted by molar-refractivity contribution is 6.03. The van der Waals surface area contributed by atoms with Crippen LogP contribution in [0.3, 0.4) is 0 Å². The van der Waals surface area contributed by atoms with E-state index in [2.05, 4.69) is 20.6 Å². The van der Waals surface area contributed by atoms with Gasteiger partial charge in [0.25, 0.3) is 5.91 Å². The Hall–Kier alpha value is -2.57. The predicted octanol–water partition coefficient (Wildman–Crippen LogP) is 3.22. The largest absolute Gasteiger partial charge is 0.352 e. The predicted molar refractivity (Wildman–Crippen MR) is 79.7 cm³/mol. The van der Waals surface area contributed by atoms with Gasteiger partial charge in [-0.3, -0.25) is 4.79 Å². The molecule has 0 aliphatic rings. The Bertz CT molecular complexity index is 661. The molecule has 22 heavy (non-hydrogen) atoms. The third-order valence-corrected chi connectivity index (χ3v) is 3.08. The molecule has 0 saturated heterocycles. The molecule has 0 saturated carbocycles. The number of aromatic nitrogens is 2. The Labute approximate surface area is 126 Å². The van der Waals surface area contributed by atoms with Gasteiger partial charge in [-0.15, -0.1) is 0 Å². The van der Waals surface area contributed by atoms with Crippen LogP contribution in [-0.4, -0.2) is 21.9 Å². The van der Waals surface area contributed by atoms with Crippen molar-refractivity contribution in [1.29, 1.82) is 0 Å². The second kappa shape index (κ2) is 6.93. The van der Waals surface area contributed by atoms with Crippen molar-refractivity contribution in [1.82, 2.24) is 9.97 Å². The molecule has 0 aliphatic heterocycles. The van der Waals surface area contributed by atoms with Crippen LogP contribution in [0.1, 0.15) is 30.6 Å². The lowest BCUT2D eigenvalue weighted by atomic mass is 10.2. The quantitative estimate of drug-likeness (QED) is 0.890. The molecule has 1 atom stereocenters. The van der Waals surface area contributed by atoms with Gasteiger partial charge in [-0.25, -0.2) is 18.7 Å². The van der Waals surface area contributed by atoms with Crippen molar-refractivity contribution in [3.63, 3.8) is 0 Å². The van der Waals surface area contributed by atoms with E-state index in [1.165, 1.54) is 18.5 Å². The molecule has 0 aliphatic carbocycles. The van der Waals surface area contributed by atoms with Crippen molar-refractivity contribution in [2.24, 2.45) is 0 Å². The lowest BCUT2D eigenvalue weighted by Crippen LogP contribution is -2.17. The SMILES string of the molecule is CCC(C)Nc1ncc(C(=O)Nc2ccc(F)c(F)c2)cn1. The lowest BCUT2D eigenvalue weighted by molar-refractivity contribution is 0.102. The van der Waals surface area contributed by atoms with Crippen LogP contribution in [0.25, 0.3) is 0 Å². The standard InChI is InChI=1S/C15H16F2N4O/c1-3-9(2)20-15-18-7-10(8-19-15)14(22)21-11-4-5-12(16)13(17)6-11/h4-9H,3H2,1-2H3,(H,21,22)(H,18,19,20). The van der Waals surface area contributed by atoms with E-state index < -0.39 is 17.5 Å². The maximum atomic E-state index is 13.1. The molecule has 1 aromatic carbocycles. The fourth-order valence-electron chi connectivity index (χ4n) is 1.62. The first kappa shape index (κ1) is 15.8. The number of rotatable bonds is 5. The zero-order valence-electron chi connectivity index (χ0n) is 12.2. The van der Waals surface area contributed by atoms with Gasteiger partial charge in [-0.1, -0.05) is 6.92 Å². The molecule has 1 aromatic heterocycles. The van der Waals surface area contributed by atoms with Gasteiger partial charge in [0.05, 0.1) is 5.56 Å². The zero-order valence-corrected chi connectivity index (χ0v) is 12.2. The van der Waals surface area contributed by atoms with E-state index >= 15 is 0 Å². The van der Waals surface area contributed by atoms with Crippen molar-refractivity contribution in [2.45, 2.75) is 26.3 Å². The average Bonchev–Trinajstić information content (AvgIpc) is 2.51. The second-order valence-electron chi connectivity index (χ2n) is 4.83. The number of benzene rings is 1. The number of hydrogen-bond donors (Lipinski definition) is 2. The normalized spacial score (nSPS) is 11.8. The Morgan fingerprint density at radius 3 is 2.50 bits per heavy atom.